The van der Waals surface area contributed by atoms with Gasteiger partial charge in [-0.15, -0.1) is 0 Å². The summed E-state index contributed by atoms with van der Waals surface area (Å²) in [5.41, 5.74) is 1.23. The van der Waals surface area contributed by atoms with E-state index in [1.165, 1.54) is 56.9 Å². The monoisotopic (exact) mass is 272 g/mol. The summed E-state index contributed by atoms with van der Waals surface area (Å²) in [7, 11) is 0. The second-order valence-electron chi connectivity index (χ2n) is 5.08. The lowest BCUT2D eigenvalue weighted by Gasteiger charge is -2.05. The van der Waals surface area contributed by atoms with E-state index in [4.69, 9.17) is 11.6 Å². The molecule has 0 N–H and O–H groups in total. The van der Waals surface area contributed by atoms with E-state index < -0.39 is 0 Å². The van der Waals surface area contributed by atoms with Crippen LogP contribution in [0.4, 0.5) is 0 Å². The first kappa shape index (κ1) is 17.7. The molecule has 0 unspecified atom stereocenters. The first-order chi connectivity index (χ1) is 8.70. The predicted octanol–water partition coefficient (Wildman–Crippen LogP) is 6.01. The number of carbonyl (C=O) groups excluding carboxylic acids is 1. The van der Waals surface area contributed by atoms with Gasteiger partial charge < -0.3 is 0 Å². The average molecular weight is 273 g/mol. The second-order valence-corrected chi connectivity index (χ2v) is 5.45. The second kappa shape index (κ2) is 13.1. The highest BCUT2D eigenvalue weighted by Crippen LogP contribution is 2.16. The van der Waals surface area contributed by atoms with Crippen molar-refractivity contribution in [3.8, 4) is 0 Å². The lowest BCUT2D eigenvalue weighted by atomic mass is 10.0. The van der Waals surface area contributed by atoms with Crippen LogP contribution in [0.25, 0.3) is 0 Å². The van der Waals surface area contributed by atoms with Gasteiger partial charge in [0.25, 0.3) is 0 Å². The number of hydrogen-bond acceptors (Lipinski definition) is 1. The smallest absolute Gasteiger partial charge is 0.245 e. The first-order valence-electron chi connectivity index (χ1n) is 7.59. The summed E-state index contributed by atoms with van der Waals surface area (Å²) in [6.45, 7) is 4.39. The molecule has 106 valence electrons. The molecule has 1 nitrogen and oxygen atoms in total. The van der Waals surface area contributed by atoms with Gasteiger partial charge in [0.15, 0.2) is 0 Å². The Morgan fingerprint density at radius 2 is 1.39 bits per heavy atom. The molecular formula is C16H29ClO. The molecule has 18 heavy (non-hydrogen) atoms. The zero-order valence-corrected chi connectivity index (χ0v) is 12.9. The molecule has 0 aliphatic rings. The summed E-state index contributed by atoms with van der Waals surface area (Å²) in [5.74, 6) is 0. The van der Waals surface area contributed by atoms with E-state index in [9.17, 15) is 4.79 Å². The molecule has 0 aromatic rings. The fourth-order valence-corrected chi connectivity index (χ4v) is 2.39. The maximum atomic E-state index is 10.9. The molecule has 0 radical (unpaired) electrons. The van der Waals surface area contributed by atoms with Crippen LogP contribution < -0.4 is 0 Å². The number of carbonyl (C=O) groups is 1. The molecule has 2 heteroatoms. The Labute approximate surface area is 118 Å². The van der Waals surface area contributed by atoms with Crippen LogP contribution in [0, 0.1) is 0 Å². The van der Waals surface area contributed by atoms with E-state index >= 15 is 0 Å². The molecule has 0 spiro atoms. The van der Waals surface area contributed by atoms with Crippen molar-refractivity contribution in [3.05, 3.63) is 11.6 Å². The summed E-state index contributed by atoms with van der Waals surface area (Å²) < 4.78 is 0. The molecule has 0 heterocycles. The number of rotatable bonds is 12. The highest BCUT2D eigenvalue weighted by atomic mass is 35.5. The molecule has 0 saturated carbocycles. The van der Waals surface area contributed by atoms with Crippen molar-refractivity contribution in [3.63, 3.8) is 0 Å². The SMILES string of the molecule is CCCCCCCCCC/C(=C/C(=O)Cl)CCC. The van der Waals surface area contributed by atoms with Crippen LogP contribution in [0.5, 0.6) is 0 Å². The van der Waals surface area contributed by atoms with Crippen molar-refractivity contribution in [2.45, 2.75) is 84.5 Å². The van der Waals surface area contributed by atoms with E-state index in [-0.39, 0.29) is 5.24 Å². The third-order valence-corrected chi connectivity index (χ3v) is 3.35. The topological polar surface area (TPSA) is 17.1 Å². The van der Waals surface area contributed by atoms with Gasteiger partial charge in [0.1, 0.15) is 0 Å². The van der Waals surface area contributed by atoms with Crippen molar-refractivity contribution in [2.24, 2.45) is 0 Å². The van der Waals surface area contributed by atoms with Gasteiger partial charge in [0.05, 0.1) is 0 Å². The van der Waals surface area contributed by atoms with Gasteiger partial charge in [-0.1, -0.05) is 70.8 Å². The molecule has 0 saturated heterocycles. The van der Waals surface area contributed by atoms with Crippen LogP contribution in [0.2, 0.25) is 0 Å². The molecule has 0 bridgehead atoms. The van der Waals surface area contributed by atoms with Crippen LogP contribution in [0.15, 0.2) is 11.6 Å². The Kier molecular flexibility index (Phi) is 12.9. The van der Waals surface area contributed by atoms with Gasteiger partial charge in [0, 0.05) is 0 Å². The van der Waals surface area contributed by atoms with Crippen LogP contribution in [0.3, 0.4) is 0 Å². The zero-order chi connectivity index (χ0) is 13.6. The number of hydrogen-bond donors (Lipinski definition) is 0. The third-order valence-electron chi connectivity index (χ3n) is 3.24. The summed E-state index contributed by atoms with van der Waals surface area (Å²) in [6, 6.07) is 0. The molecular weight excluding hydrogens is 244 g/mol. The Morgan fingerprint density at radius 3 is 1.89 bits per heavy atom. The van der Waals surface area contributed by atoms with Crippen LogP contribution in [0.1, 0.15) is 84.5 Å². The lowest BCUT2D eigenvalue weighted by Crippen LogP contribution is -1.89. The predicted molar refractivity (Wildman–Crippen MR) is 81.1 cm³/mol. The molecule has 0 aromatic heterocycles. The highest BCUT2D eigenvalue weighted by molar-refractivity contribution is 6.66. The molecule has 0 aromatic carbocycles. The minimum atomic E-state index is -0.321. The van der Waals surface area contributed by atoms with Gasteiger partial charge >= 0.3 is 0 Å². The number of halogens is 1. The summed E-state index contributed by atoms with van der Waals surface area (Å²) in [6.07, 6.45) is 15.4. The third kappa shape index (κ3) is 12.2. The van der Waals surface area contributed by atoms with E-state index in [1.807, 2.05) is 0 Å². The molecule has 0 fully saturated rings. The summed E-state index contributed by atoms with van der Waals surface area (Å²) in [4.78, 5) is 10.9. The molecule has 0 aliphatic carbocycles. The van der Waals surface area contributed by atoms with Gasteiger partial charge in [-0.25, -0.2) is 0 Å². The maximum Gasteiger partial charge on any atom is 0.245 e. The molecule has 0 rings (SSSR count). The minimum absolute atomic E-state index is 0.321. The van der Waals surface area contributed by atoms with E-state index in [0.717, 1.165) is 19.3 Å². The average Bonchev–Trinajstić information content (AvgIpc) is 2.32. The van der Waals surface area contributed by atoms with Crippen molar-refractivity contribution in [1.82, 2.24) is 0 Å². The number of unbranched alkanes of at least 4 members (excludes halogenated alkanes) is 7. The number of allylic oxidation sites excluding steroid dienone is 2. The summed E-state index contributed by atoms with van der Waals surface area (Å²) >= 11 is 5.40. The van der Waals surface area contributed by atoms with Crippen LogP contribution >= 0.6 is 11.6 Å². The molecule has 0 atom stereocenters. The fraction of sp³-hybridized carbons (Fsp3) is 0.812. The van der Waals surface area contributed by atoms with Gasteiger partial charge in [-0.3, -0.25) is 4.79 Å². The van der Waals surface area contributed by atoms with Crippen molar-refractivity contribution >= 4 is 16.8 Å². The van der Waals surface area contributed by atoms with Crippen LogP contribution in [-0.4, -0.2) is 5.24 Å². The zero-order valence-electron chi connectivity index (χ0n) is 12.1. The summed E-state index contributed by atoms with van der Waals surface area (Å²) in [5, 5.41) is -0.321. The van der Waals surface area contributed by atoms with Gasteiger partial charge in [0.2, 0.25) is 5.24 Å². The van der Waals surface area contributed by atoms with Crippen molar-refractivity contribution < 1.29 is 4.79 Å². The van der Waals surface area contributed by atoms with E-state index in [2.05, 4.69) is 13.8 Å². The Bertz CT molecular complexity index is 233. The highest BCUT2D eigenvalue weighted by Gasteiger charge is 2.00. The van der Waals surface area contributed by atoms with Crippen molar-refractivity contribution in [1.29, 1.82) is 0 Å². The Hall–Kier alpha value is -0.300. The normalized spacial score (nSPS) is 11.8. The Morgan fingerprint density at radius 1 is 0.833 bits per heavy atom. The lowest BCUT2D eigenvalue weighted by molar-refractivity contribution is -0.107. The van der Waals surface area contributed by atoms with E-state index in [0.29, 0.717) is 0 Å². The quantitative estimate of drug-likeness (QED) is 0.242. The minimum Gasteiger partial charge on any atom is -0.276 e. The standard InChI is InChI=1S/C16H29ClO/c1-3-5-6-7-8-9-10-11-13-15(12-4-2)14-16(17)18/h14H,3-13H2,1-2H3/b15-14+. The molecule has 0 aliphatic heterocycles. The first-order valence-corrected chi connectivity index (χ1v) is 7.97. The van der Waals surface area contributed by atoms with Gasteiger partial charge in [-0.2, -0.15) is 0 Å². The Balaban J connectivity index is 3.52. The van der Waals surface area contributed by atoms with Gasteiger partial charge in [-0.05, 0) is 36.9 Å². The van der Waals surface area contributed by atoms with Crippen molar-refractivity contribution in [2.75, 3.05) is 0 Å². The largest absolute Gasteiger partial charge is 0.276 e. The van der Waals surface area contributed by atoms with E-state index in [1.54, 1.807) is 6.08 Å². The van der Waals surface area contributed by atoms with Crippen LogP contribution in [-0.2, 0) is 4.79 Å². The molecule has 0 amide bonds. The fourth-order valence-electron chi connectivity index (χ4n) is 2.24. The maximum absolute atomic E-state index is 10.9.